The number of piperazine rings is 1. The van der Waals surface area contributed by atoms with Crippen molar-refractivity contribution in [2.45, 2.75) is 0 Å². The van der Waals surface area contributed by atoms with E-state index in [1.54, 1.807) is 53.3 Å². The summed E-state index contributed by atoms with van der Waals surface area (Å²) in [4.78, 5) is 28.6. The van der Waals surface area contributed by atoms with Gasteiger partial charge in [-0.25, -0.2) is 0 Å². The molecule has 0 saturated carbocycles. The Morgan fingerprint density at radius 3 is 2.12 bits per heavy atom. The molecule has 26 heavy (non-hydrogen) atoms. The van der Waals surface area contributed by atoms with E-state index in [0.717, 1.165) is 4.47 Å². The van der Waals surface area contributed by atoms with Crippen LogP contribution in [0.2, 0.25) is 0 Å². The smallest absolute Gasteiger partial charge is 0.257 e. The SMILES string of the molecule is COc1ccc(C(=O)N2CCN(C(=O)c3cc(Br)ccc3O)CC2)cc1. The van der Waals surface area contributed by atoms with Crippen LogP contribution in [0.4, 0.5) is 0 Å². The molecule has 1 fully saturated rings. The number of phenolic OH excluding ortho intramolecular Hbond substituents is 1. The summed E-state index contributed by atoms with van der Waals surface area (Å²) in [6.45, 7) is 1.75. The normalized spacial score (nSPS) is 14.2. The van der Waals surface area contributed by atoms with E-state index in [1.807, 2.05) is 0 Å². The molecular formula is C19H19BrN2O4. The molecule has 6 nitrogen and oxygen atoms in total. The van der Waals surface area contributed by atoms with Crippen LogP contribution in [0.5, 0.6) is 11.5 Å². The van der Waals surface area contributed by atoms with Crippen LogP contribution >= 0.6 is 15.9 Å². The Morgan fingerprint density at radius 1 is 0.962 bits per heavy atom. The van der Waals surface area contributed by atoms with Crippen LogP contribution in [0.3, 0.4) is 0 Å². The van der Waals surface area contributed by atoms with Crippen molar-refractivity contribution in [2.24, 2.45) is 0 Å². The van der Waals surface area contributed by atoms with Gasteiger partial charge in [0.1, 0.15) is 11.5 Å². The van der Waals surface area contributed by atoms with Crippen molar-refractivity contribution >= 4 is 27.7 Å². The number of benzene rings is 2. The summed E-state index contributed by atoms with van der Waals surface area (Å²) in [5, 5.41) is 9.92. The molecule has 2 amide bonds. The highest BCUT2D eigenvalue weighted by Crippen LogP contribution is 2.24. The number of hydrogen-bond donors (Lipinski definition) is 1. The van der Waals surface area contributed by atoms with Gasteiger partial charge in [0.15, 0.2) is 0 Å². The number of phenols is 1. The highest BCUT2D eigenvalue weighted by molar-refractivity contribution is 9.10. The first-order valence-electron chi connectivity index (χ1n) is 8.20. The second-order valence-electron chi connectivity index (χ2n) is 5.97. The zero-order chi connectivity index (χ0) is 18.7. The maximum absolute atomic E-state index is 12.6. The average molecular weight is 419 g/mol. The summed E-state index contributed by atoms with van der Waals surface area (Å²) in [5.41, 5.74) is 0.851. The summed E-state index contributed by atoms with van der Waals surface area (Å²) >= 11 is 3.31. The van der Waals surface area contributed by atoms with E-state index in [-0.39, 0.29) is 23.1 Å². The third-order valence-electron chi connectivity index (χ3n) is 4.38. The molecular weight excluding hydrogens is 400 g/mol. The maximum atomic E-state index is 12.6. The summed E-state index contributed by atoms with van der Waals surface area (Å²) in [5.74, 6) is 0.353. The number of aromatic hydroxyl groups is 1. The average Bonchev–Trinajstić information content (AvgIpc) is 2.69. The van der Waals surface area contributed by atoms with Crippen LogP contribution in [0.15, 0.2) is 46.9 Å². The van der Waals surface area contributed by atoms with E-state index >= 15 is 0 Å². The van der Waals surface area contributed by atoms with E-state index in [1.165, 1.54) is 6.07 Å². The number of methoxy groups -OCH3 is 1. The summed E-state index contributed by atoms with van der Waals surface area (Å²) in [6, 6.07) is 11.7. The largest absolute Gasteiger partial charge is 0.507 e. The summed E-state index contributed by atoms with van der Waals surface area (Å²) in [7, 11) is 1.58. The van der Waals surface area contributed by atoms with Crippen molar-refractivity contribution in [1.82, 2.24) is 9.80 Å². The topological polar surface area (TPSA) is 70.1 Å². The predicted octanol–water partition coefficient (Wildman–Crippen LogP) is 2.76. The molecule has 0 bridgehead atoms. The van der Waals surface area contributed by atoms with Gasteiger partial charge in [-0.3, -0.25) is 9.59 Å². The fraction of sp³-hybridized carbons (Fsp3) is 0.263. The molecule has 0 aromatic heterocycles. The van der Waals surface area contributed by atoms with Gasteiger partial charge in [0.25, 0.3) is 11.8 Å². The molecule has 1 N–H and O–H groups in total. The number of hydrogen-bond acceptors (Lipinski definition) is 4. The van der Waals surface area contributed by atoms with E-state index in [9.17, 15) is 14.7 Å². The maximum Gasteiger partial charge on any atom is 0.257 e. The molecule has 0 spiro atoms. The van der Waals surface area contributed by atoms with Gasteiger partial charge in [0.05, 0.1) is 12.7 Å². The van der Waals surface area contributed by atoms with Crippen molar-refractivity contribution < 1.29 is 19.4 Å². The molecule has 0 atom stereocenters. The van der Waals surface area contributed by atoms with Crippen LogP contribution < -0.4 is 4.74 Å². The van der Waals surface area contributed by atoms with Crippen LogP contribution in [-0.4, -0.2) is 60.0 Å². The highest BCUT2D eigenvalue weighted by Gasteiger charge is 2.26. The molecule has 2 aromatic rings. The third kappa shape index (κ3) is 3.83. The van der Waals surface area contributed by atoms with Gasteiger partial charge in [-0.1, -0.05) is 15.9 Å². The molecule has 136 valence electrons. The van der Waals surface area contributed by atoms with E-state index < -0.39 is 0 Å². The zero-order valence-corrected chi connectivity index (χ0v) is 15.9. The standard InChI is InChI=1S/C19H19BrN2O4/c1-26-15-5-2-13(3-6-15)18(24)21-8-10-22(11-9-21)19(25)16-12-14(20)4-7-17(16)23/h2-7,12,23H,8-11H2,1H3. The lowest BCUT2D eigenvalue weighted by atomic mass is 10.1. The van der Waals surface area contributed by atoms with Gasteiger partial charge in [-0.2, -0.15) is 0 Å². The fourth-order valence-corrected chi connectivity index (χ4v) is 3.24. The minimum atomic E-state index is -0.236. The van der Waals surface area contributed by atoms with Gasteiger partial charge in [0.2, 0.25) is 0 Å². The first kappa shape index (κ1) is 18.3. The molecule has 7 heteroatoms. The molecule has 0 unspecified atom stereocenters. The lowest BCUT2D eigenvalue weighted by Gasteiger charge is -2.35. The Morgan fingerprint density at radius 2 is 1.54 bits per heavy atom. The Balaban J connectivity index is 1.64. The Labute approximate surface area is 160 Å². The third-order valence-corrected chi connectivity index (χ3v) is 4.87. The van der Waals surface area contributed by atoms with Crippen molar-refractivity contribution in [2.75, 3.05) is 33.3 Å². The first-order valence-corrected chi connectivity index (χ1v) is 9.00. The van der Waals surface area contributed by atoms with Crippen molar-refractivity contribution in [3.8, 4) is 11.5 Å². The molecule has 1 saturated heterocycles. The van der Waals surface area contributed by atoms with Crippen molar-refractivity contribution in [1.29, 1.82) is 0 Å². The van der Waals surface area contributed by atoms with Gasteiger partial charge in [0, 0.05) is 36.2 Å². The van der Waals surface area contributed by atoms with E-state index in [4.69, 9.17) is 4.74 Å². The van der Waals surface area contributed by atoms with E-state index in [2.05, 4.69) is 15.9 Å². The predicted molar refractivity (Wildman–Crippen MR) is 101 cm³/mol. The Kier molecular flexibility index (Phi) is 5.46. The molecule has 0 aliphatic carbocycles. The number of halogens is 1. The van der Waals surface area contributed by atoms with Crippen molar-refractivity contribution in [3.63, 3.8) is 0 Å². The highest BCUT2D eigenvalue weighted by atomic mass is 79.9. The van der Waals surface area contributed by atoms with Crippen LogP contribution in [0.1, 0.15) is 20.7 Å². The molecule has 1 aliphatic heterocycles. The lowest BCUT2D eigenvalue weighted by Crippen LogP contribution is -2.50. The summed E-state index contributed by atoms with van der Waals surface area (Å²) in [6.07, 6.45) is 0. The molecule has 2 aromatic carbocycles. The number of ether oxygens (including phenoxy) is 1. The quantitative estimate of drug-likeness (QED) is 0.831. The molecule has 3 rings (SSSR count). The Hall–Kier alpha value is -2.54. The first-order chi connectivity index (χ1) is 12.5. The molecule has 1 aliphatic rings. The number of nitrogens with zero attached hydrogens (tertiary/aromatic N) is 2. The minimum Gasteiger partial charge on any atom is -0.507 e. The number of rotatable bonds is 3. The summed E-state index contributed by atoms with van der Waals surface area (Å²) < 4.78 is 5.83. The second kappa shape index (κ2) is 7.78. The van der Waals surface area contributed by atoms with Crippen LogP contribution in [0, 0.1) is 0 Å². The number of carbonyl (C=O) groups is 2. The van der Waals surface area contributed by atoms with E-state index in [0.29, 0.717) is 37.5 Å². The fourth-order valence-electron chi connectivity index (χ4n) is 2.88. The molecule has 0 radical (unpaired) electrons. The molecule has 1 heterocycles. The van der Waals surface area contributed by atoms with Crippen molar-refractivity contribution in [3.05, 3.63) is 58.1 Å². The van der Waals surface area contributed by atoms with Gasteiger partial charge in [-0.05, 0) is 42.5 Å². The van der Waals surface area contributed by atoms with Gasteiger partial charge < -0.3 is 19.6 Å². The monoisotopic (exact) mass is 418 g/mol. The number of carbonyl (C=O) groups excluding carboxylic acids is 2. The lowest BCUT2D eigenvalue weighted by molar-refractivity contribution is 0.0533. The Bertz CT molecular complexity index is 815. The van der Waals surface area contributed by atoms with Crippen LogP contribution in [-0.2, 0) is 0 Å². The second-order valence-corrected chi connectivity index (χ2v) is 6.89. The van der Waals surface area contributed by atoms with Crippen LogP contribution in [0.25, 0.3) is 0 Å². The zero-order valence-electron chi connectivity index (χ0n) is 14.3. The van der Waals surface area contributed by atoms with Gasteiger partial charge >= 0.3 is 0 Å². The van der Waals surface area contributed by atoms with Gasteiger partial charge in [-0.15, -0.1) is 0 Å². The minimum absolute atomic E-state index is 0.0464. The number of amides is 2.